The maximum atomic E-state index is 13.2. The Morgan fingerprint density at radius 1 is 0.455 bits per heavy atom. The first kappa shape index (κ1) is 62.8. The number of esters is 1. The molecule has 0 aliphatic rings. The Bertz CT molecular complexity index is 1310. The van der Waals surface area contributed by atoms with Crippen LogP contribution in [0.5, 0.6) is 0 Å². The number of amides is 1. The van der Waals surface area contributed by atoms with E-state index in [9.17, 15) is 19.8 Å². The average Bonchev–Trinajstić information content (AvgIpc) is 3.31. The highest BCUT2D eigenvalue weighted by atomic mass is 16.5. The van der Waals surface area contributed by atoms with E-state index in [2.05, 4.69) is 123 Å². The maximum absolute atomic E-state index is 13.2. The Morgan fingerprint density at radius 2 is 0.833 bits per heavy atom. The van der Waals surface area contributed by atoms with Gasteiger partial charge in [0.05, 0.1) is 25.2 Å². The minimum Gasteiger partial charge on any atom is -0.462 e. The van der Waals surface area contributed by atoms with Crippen LogP contribution in [0, 0.1) is 0 Å². The van der Waals surface area contributed by atoms with Gasteiger partial charge < -0.3 is 20.3 Å². The molecular weight excluding hydrogens is 815 g/mol. The minimum atomic E-state index is -0.813. The van der Waals surface area contributed by atoms with Crippen LogP contribution in [0.4, 0.5) is 0 Å². The van der Waals surface area contributed by atoms with Gasteiger partial charge in [0, 0.05) is 6.42 Å². The summed E-state index contributed by atoms with van der Waals surface area (Å²) in [5, 5.41) is 23.8. The summed E-state index contributed by atoms with van der Waals surface area (Å²) in [5.74, 6) is -0.569. The number of carbonyl (C=O) groups is 2. The minimum absolute atomic E-state index is 0.0219. The highest BCUT2D eigenvalue weighted by Crippen LogP contribution is 2.17. The molecule has 66 heavy (non-hydrogen) atoms. The van der Waals surface area contributed by atoms with E-state index in [1.54, 1.807) is 0 Å². The third-order valence-corrected chi connectivity index (χ3v) is 11.9. The molecule has 0 aromatic heterocycles. The zero-order valence-electron chi connectivity index (χ0n) is 43.0. The second-order valence-corrected chi connectivity index (χ2v) is 18.2. The predicted octanol–water partition coefficient (Wildman–Crippen LogP) is 16.9. The van der Waals surface area contributed by atoms with Gasteiger partial charge in [-0.25, -0.2) is 0 Å². The van der Waals surface area contributed by atoms with E-state index < -0.39 is 18.2 Å². The number of nitrogens with one attached hydrogen (secondary N) is 1. The van der Waals surface area contributed by atoms with E-state index in [-0.39, 0.29) is 24.9 Å². The fraction of sp³-hybridized carbons (Fsp3) is 0.700. The van der Waals surface area contributed by atoms with Crippen molar-refractivity contribution in [3.8, 4) is 0 Å². The Hall–Kier alpha value is -3.22. The first-order valence-corrected chi connectivity index (χ1v) is 27.5. The van der Waals surface area contributed by atoms with E-state index in [1.165, 1.54) is 96.3 Å². The molecule has 3 atom stereocenters. The quantitative estimate of drug-likeness (QED) is 0.0321. The molecule has 0 saturated carbocycles. The number of allylic oxidation sites excluding steroid dienone is 16. The summed E-state index contributed by atoms with van der Waals surface area (Å²) in [5.41, 5.74) is 0. The highest BCUT2D eigenvalue weighted by Gasteiger charge is 2.24. The second-order valence-electron chi connectivity index (χ2n) is 18.2. The third-order valence-electron chi connectivity index (χ3n) is 11.9. The summed E-state index contributed by atoms with van der Waals surface area (Å²) >= 11 is 0. The van der Waals surface area contributed by atoms with Gasteiger partial charge in [-0.2, -0.15) is 0 Å². The van der Waals surface area contributed by atoms with Crippen LogP contribution in [0.1, 0.15) is 245 Å². The molecule has 0 fully saturated rings. The molecule has 0 heterocycles. The zero-order chi connectivity index (χ0) is 48.1. The Kier molecular flexibility index (Phi) is 50.2. The summed E-state index contributed by atoms with van der Waals surface area (Å²) in [6.45, 7) is 6.32. The van der Waals surface area contributed by atoms with Crippen LogP contribution in [0.3, 0.4) is 0 Å². The van der Waals surface area contributed by atoms with Gasteiger partial charge in [0.1, 0.15) is 6.10 Å². The largest absolute Gasteiger partial charge is 0.462 e. The Morgan fingerprint density at radius 3 is 1.29 bits per heavy atom. The van der Waals surface area contributed by atoms with Gasteiger partial charge in [0.25, 0.3) is 0 Å². The van der Waals surface area contributed by atoms with Crippen molar-refractivity contribution in [2.75, 3.05) is 6.61 Å². The lowest BCUT2D eigenvalue weighted by Gasteiger charge is -2.24. The van der Waals surface area contributed by atoms with Crippen molar-refractivity contribution in [3.63, 3.8) is 0 Å². The summed E-state index contributed by atoms with van der Waals surface area (Å²) in [4.78, 5) is 26.2. The molecule has 6 heteroatoms. The molecule has 0 bridgehead atoms. The monoisotopic (exact) mass is 918 g/mol. The number of aliphatic hydroxyl groups excluding tert-OH is 2. The van der Waals surface area contributed by atoms with Crippen molar-refractivity contribution in [3.05, 3.63) is 97.2 Å². The molecule has 0 spiro atoms. The average molecular weight is 918 g/mol. The lowest BCUT2D eigenvalue weighted by Crippen LogP contribution is -2.46. The van der Waals surface area contributed by atoms with Crippen molar-refractivity contribution in [1.82, 2.24) is 5.32 Å². The molecule has 0 aromatic carbocycles. The van der Waals surface area contributed by atoms with Gasteiger partial charge in [-0.15, -0.1) is 0 Å². The van der Waals surface area contributed by atoms with Gasteiger partial charge in [0.15, 0.2) is 0 Å². The SMILES string of the molecule is CC/C=C/C/C=C/C/C=C/C/C=C/CCCC(CC(=O)NC(CO)C(O)CCCCCCCCCCCCCCCC)OC(=O)CCCCC/C=C\C/C=C\C/C=C\C/C=C\CCCCC. The first-order chi connectivity index (χ1) is 32.5. The normalized spacial score (nSPS) is 14.0. The van der Waals surface area contributed by atoms with Crippen molar-refractivity contribution >= 4 is 11.9 Å². The number of hydrogen-bond donors (Lipinski definition) is 3. The molecular formula is C60H103NO5. The van der Waals surface area contributed by atoms with Gasteiger partial charge in [-0.05, 0) is 103 Å². The molecule has 0 aliphatic carbocycles. The fourth-order valence-corrected chi connectivity index (χ4v) is 7.76. The van der Waals surface area contributed by atoms with E-state index in [1.807, 2.05) is 0 Å². The predicted molar refractivity (Wildman–Crippen MR) is 287 cm³/mol. The summed E-state index contributed by atoms with van der Waals surface area (Å²) in [6, 6.07) is -0.732. The number of unbranched alkanes of at least 4 members (excludes halogenated alkanes) is 20. The van der Waals surface area contributed by atoms with Crippen molar-refractivity contribution in [2.24, 2.45) is 0 Å². The van der Waals surface area contributed by atoms with Crippen LogP contribution in [0.15, 0.2) is 97.2 Å². The summed E-state index contributed by atoms with van der Waals surface area (Å²) in [6.07, 6.45) is 70.4. The molecule has 0 aromatic rings. The van der Waals surface area contributed by atoms with Crippen molar-refractivity contribution in [1.29, 1.82) is 0 Å². The van der Waals surface area contributed by atoms with E-state index in [4.69, 9.17) is 4.74 Å². The standard InChI is InChI=1S/C60H103NO5/c1-4-7-10-13-16-19-22-25-28-29-30-31-32-35-38-41-44-47-50-53-60(65)66-56(51-48-45-42-39-36-33-26-23-20-17-14-11-8-5-2)54-59(64)61-57(55-62)58(63)52-49-46-43-40-37-34-27-24-21-18-15-12-9-6-3/h8,11,16-17,19-20,25-26,28,30-31,33,35,38-39,42,56-58,62-63H,4-7,9-10,12-15,18,21-24,27,29,32,34,36-37,40-41,43-55H2,1-3H3,(H,61,64)/b11-8+,19-16-,20-17+,28-25-,31-30-,33-26+,38-35-,42-39+. The molecule has 0 rings (SSSR count). The number of ether oxygens (including phenoxy) is 1. The fourth-order valence-electron chi connectivity index (χ4n) is 7.76. The second kappa shape index (κ2) is 52.7. The zero-order valence-corrected chi connectivity index (χ0v) is 43.0. The summed E-state index contributed by atoms with van der Waals surface area (Å²) in [7, 11) is 0. The molecule has 0 aliphatic heterocycles. The maximum Gasteiger partial charge on any atom is 0.306 e. The van der Waals surface area contributed by atoms with Gasteiger partial charge in [-0.1, -0.05) is 227 Å². The number of hydrogen-bond acceptors (Lipinski definition) is 5. The van der Waals surface area contributed by atoms with E-state index >= 15 is 0 Å². The molecule has 6 nitrogen and oxygen atoms in total. The smallest absolute Gasteiger partial charge is 0.306 e. The van der Waals surface area contributed by atoms with Crippen LogP contribution in [-0.4, -0.2) is 46.9 Å². The van der Waals surface area contributed by atoms with Crippen LogP contribution in [0.2, 0.25) is 0 Å². The molecule has 0 radical (unpaired) electrons. The lowest BCUT2D eigenvalue weighted by molar-refractivity contribution is -0.151. The van der Waals surface area contributed by atoms with Crippen LogP contribution in [-0.2, 0) is 14.3 Å². The Labute approximate surface area is 407 Å². The van der Waals surface area contributed by atoms with Gasteiger partial charge in [0.2, 0.25) is 5.91 Å². The van der Waals surface area contributed by atoms with Crippen LogP contribution >= 0.6 is 0 Å². The summed E-state index contributed by atoms with van der Waals surface area (Å²) < 4.78 is 5.90. The third kappa shape index (κ3) is 47.3. The van der Waals surface area contributed by atoms with E-state index in [0.717, 1.165) is 103 Å². The molecule has 3 N–H and O–H groups in total. The number of carbonyl (C=O) groups excluding carboxylic acids is 2. The number of rotatable bonds is 48. The van der Waals surface area contributed by atoms with Gasteiger partial charge >= 0.3 is 5.97 Å². The van der Waals surface area contributed by atoms with Crippen LogP contribution in [0.25, 0.3) is 0 Å². The Balaban J connectivity index is 4.70. The van der Waals surface area contributed by atoms with Crippen molar-refractivity contribution < 1.29 is 24.5 Å². The molecule has 0 saturated heterocycles. The topological polar surface area (TPSA) is 95.9 Å². The molecule has 3 unspecified atom stereocenters. The lowest BCUT2D eigenvalue weighted by atomic mass is 10.0. The first-order valence-electron chi connectivity index (χ1n) is 27.5. The highest BCUT2D eigenvalue weighted by molar-refractivity contribution is 5.77. The van der Waals surface area contributed by atoms with Crippen molar-refractivity contribution in [2.45, 2.75) is 264 Å². The van der Waals surface area contributed by atoms with Gasteiger partial charge in [-0.3, -0.25) is 9.59 Å². The molecule has 378 valence electrons. The van der Waals surface area contributed by atoms with Crippen LogP contribution < -0.4 is 5.32 Å². The number of aliphatic hydroxyl groups is 2. The van der Waals surface area contributed by atoms with E-state index in [0.29, 0.717) is 19.3 Å². The molecule has 1 amide bonds.